The summed E-state index contributed by atoms with van der Waals surface area (Å²) in [5, 5.41) is 11.8. The fraction of sp³-hybridized carbons (Fsp3) is 0.333. The van der Waals surface area contributed by atoms with Crippen LogP contribution in [0.25, 0.3) is 0 Å². The molecule has 0 fully saturated rings. The average molecular weight is 236 g/mol. The van der Waals surface area contributed by atoms with Gasteiger partial charge in [-0.2, -0.15) is 0 Å². The van der Waals surface area contributed by atoms with Gasteiger partial charge in [0, 0.05) is 19.7 Å². The maximum absolute atomic E-state index is 11.9. The first-order valence-electron chi connectivity index (χ1n) is 5.21. The molecule has 0 saturated carbocycles. The van der Waals surface area contributed by atoms with Gasteiger partial charge in [-0.1, -0.05) is 0 Å². The van der Waals surface area contributed by atoms with Crippen molar-refractivity contribution in [1.82, 2.24) is 10.2 Å². The molecule has 0 bridgehead atoms. The Morgan fingerprint density at radius 1 is 1.41 bits per heavy atom. The summed E-state index contributed by atoms with van der Waals surface area (Å²) in [5.41, 5.74) is 1.08. The summed E-state index contributed by atoms with van der Waals surface area (Å²) in [5.74, 6) is -0.330. The highest BCUT2D eigenvalue weighted by molar-refractivity contribution is 5.96. The van der Waals surface area contributed by atoms with Gasteiger partial charge in [-0.15, -0.1) is 0 Å². The second-order valence-electron chi connectivity index (χ2n) is 3.84. The quantitative estimate of drug-likeness (QED) is 0.803. The van der Waals surface area contributed by atoms with Crippen molar-refractivity contribution in [3.63, 3.8) is 0 Å². The van der Waals surface area contributed by atoms with Crippen LogP contribution in [0, 0.1) is 6.92 Å². The highest BCUT2D eigenvalue weighted by Gasteiger charge is 2.14. The van der Waals surface area contributed by atoms with E-state index in [1.54, 1.807) is 20.0 Å². The first kappa shape index (κ1) is 13.0. The number of aryl methyl sites for hydroxylation is 1. The Morgan fingerprint density at radius 3 is 2.59 bits per heavy atom. The predicted molar refractivity (Wildman–Crippen MR) is 63.9 cm³/mol. The molecular formula is C12H16N2O3. The summed E-state index contributed by atoms with van der Waals surface area (Å²) >= 11 is 0. The zero-order valence-corrected chi connectivity index (χ0v) is 10.2. The van der Waals surface area contributed by atoms with E-state index in [0.717, 1.165) is 0 Å². The third-order valence-electron chi connectivity index (χ3n) is 2.45. The van der Waals surface area contributed by atoms with Crippen LogP contribution < -0.4 is 5.32 Å². The summed E-state index contributed by atoms with van der Waals surface area (Å²) < 4.78 is 0. The summed E-state index contributed by atoms with van der Waals surface area (Å²) in [6.07, 6.45) is 0. The number of phenols is 1. The van der Waals surface area contributed by atoms with E-state index in [1.165, 1.54) is 24.1 Å². The van der Waals surface area contributed by atoms with Crippen LogP contribution in [0.3, 0.4) is 0 Å². The van der Waals surface area contributed by atoms with Gasteiger partial charge in [0.15, 0.2) is 0 Å². The Morgan fingerprint density at radius 2 is 2.06 bits per heavy atom. The maximum Gasteiger partial charge on any atom is 0.254 e. The molecule has 0 aliphatic rings. The van der Waals surface area contributed by atoms with E-state index in [0.29, 0.717) is 11.1 Å². The molecule has 0 aromatic heterocycles. The van der Waals surface area contributed by atoms with Crippen LogP contribution in [-0.2, 0) is 4.79 Å². The number of carbonyl (C=O) groups is 2. The first-order chi connectivity index (χ1) is 7.95. The molecule has 0 aliphatic heterocycles. The average Bonchev–Trinajstić information content (AvgIpc) is 2.31. The van der Waals surface area contributed by atoms with Crippen molar-refractivity contribution in [2.75, 3.05) is 20.6 Å². The van der Waals surface area contributed by atoms with Gasteiger partial charge in [-0.25, -0.2) is 0 Å². The number of carbonyl (C=O) groups excluding carboxylic acids is 2. The number of hydrogen-bond acceptors (Lipinski definition) is 3. The van der Waals surface area contributed by atoms with E-state index >= 15 is 0 Å². The highest BCUT2D eigenvalue weighted by Crippen LogP contribution is 2.17. The molecule has 0 radical (unpaired) electrons. The van der Waals surface area contributed by atoms with E-state index in [9.17, 15) is 14.7 Å². The van der Waals surface area contributed by atoms with Crippen molar-refractivity contribution in [2.45, 2.75) is 6.92 Å². The normalized spacial score (nSPS) is 9.82. The van der Waals surface area contributed by atoms with E-state index in [-0.39, 0.29) is 24.1 Å². The van der Waals surface area contributed by atoms with Crippen LogP contribution in [0.1, 0.15) is 15.9 Å². The van der Waals surface area contributed by atoms with Crippen molar-refractivity contribution in [3.05, 3.63) is 29.3 Å². The van der Waals surface area contributed by atoms with Gasteiger partial charge in [0.2, 0.25) is 5.91 Å². The third-order valence-corrected chi connectivity index (χ3v) is 2.45. The number of nitrogens with zero attached hydrogens (tertiary/aromatic N) is 1. The number of likely N-dealkylation sites (N-methyl/N-ethyl adjacent to an activating group) is 2. The minimum atomic E-state index is -0.253. The van der Waals surface area contributed by atoms with Crippen molar-refractivity contribution in [3.8, 4) is 5.75 Å². The fourth-order valence-electron chi connectivity index (χ4n) is 1.38. The number of hydrogen-bond donors (Lipinski definition) is 2. The maximum atomic E-state index is 11.9. The largest absolute Gasteiger partial charge is 0.508 e. The van der Waals surface area contributed by atoms with E-state index in [2.05, 4.69) is 5.32 Å². The molecule has 5 heteroatoms. The minimum absolute atomic E-state index is 0.00918. The molecule has 0 unspecified atom stereocenters. The Labute approximate surface area is 100 Å². The van der Waals surface area contributed by atoms with Crippen LogP contribution in [0.2, 0.25) is 0 Å². The Hall–Kier alpha value is -2.04. The Balaban J connectivity index is 2.81. The molecule has 0 heterocycles. The molecule has 1 aromatic carbocycles. The van der Waals surface area contributed by atoms with E-state index in [1.807, 2.05) is 0 Å². The second-order valence-corrected chi connectivity index (χ2v) is 3.84. The van der Waals surface area contributed by atoms with Gasteiger partial charge in [-0.05, 0) is 30.7 Å². The molecule has 0 atom stereocenters. The van der Waals surface area contributed by atoms with Crippen LogP contribution in [0.5, 0.6) is 5.75 Å². The topological polar surface area (TPSA) is 69.6 Å². The van der Waals surface area contributed by atoms with Crippen molar-refractivity contribution >= 4 is 11.8 Å². The van der Waals surface area contributed by atoms with Gasteiger partial charge < -0.3 is 15.3 Å². The summed E-state index contributed by atoms with van der Waals surface area (Å²) in [6, 6.07) is 4.60. The number of benzene rings is 1. The highest BCUT2D eigenvalue weighted by atomic mass is 16.3. The predicted octanol–water partition coefficient (Wildman–Crippen LogP) is 0.519. The number of rotatable bonds is 3. The summed E-state index contributed by atoms with van der Waals surface area (Å²) in [6.45, 7) is 1.72. The minimum Gasteiger partial charge on any atom is -0.508 e. The molecule has 0 aliphatic carbocycles. The Kier molecular flexibility index (Phi) is 4.09. The van der Waals surface area contributed by atoms with Gasteiger partial charge in [0.25, 0.3) is 5.91 Å². The first-order valence-corrected chi connectivity index (χ1v) is 5.21. The lowest BCUT2D eigenvalue weighted by Crippen LogP contribution is -2.36. The number of aromatic hydroxyl groups is 1. The summed E-state index contributed by atoms with van der Waals surface area (Å²) in [7, 11) is 3.07. The Bertz CT molecular complexity index is 443. The number of nitrogens with one attached hydrogen (secondary N) is 1. The van der Waals surface area contributed by atoms with Crippen LogP contribution >= 0.6 is 0 Å². The van der Waals surface area contributed by atoms with E-state index in [4.69, 9.17) is 0 Å². The van der Waals surface area contributed by atoms with Crippen molar-refractivity contribution < 1.29 is 14.7 Å². The monoisotopic (exact) mass is 236 g/mol. The zero-order valence-electron chi connectivity index (χ0n) is 10.2. The summed E-state index contributed by atoms with van der Waals surface area (Å²) in [4.78, 5) is 24.4. The van der Waals surface area contributed by atoms with Gasteiger partial charge in [0.1, 0.15) is 5.75 Å². The number of phenolic OH excluding ortho intramolecular Hbond substituents is 1. The molecule has 1 rings (SSSR count). The van der Waals surface area contributed by atoms with Crippen LogP contribution in [-0.4, -0.2) is 42.5 Å². The smallest absolute Gasteiger partial charge is 0.254 e. The number of amides is 2. The molecule has 2 N–H and O–H groups in total. The third kappa shape index (κ3) is 3.21. The molecule has 0 saturated heterocycles. The lowest BCUT2D eigenvalue weighted by atomic mass is 10.1. The molecular weight excluding hydrogens is 220 g/mol. The molecule has 1 aromatic rings. The zero-order chi connectivity index (χ0) is 13.0. The molecule has 92 valence electrons. The standard InChI is InChI=1S/C12H16N2O3/c1-8-6-9(4-5-10(8)15)12(17)14(3)7-11(16)13-2/h4-6,15H,7H2,1-3H3,(H,13,16). The lowest BCUT2D eigenvalue weighted by Gasteiger charge is -2.16. The van der Waals surface area contributed by atoms with Crippen LogP contribution in [0.4, 0.5) is 0 Å². The molecule has 0 spiro atoms. The van der Waals surface area contributed by atoms with Gasteiger partial charge in [0.05, 0.1) is 6.54 Å². The second kappa shape index (κ2) is 5.34. The van der Waals surface area contributed by atoms with Crippen LogP contribution in [0.15, 0.2) is 18.2 Å². The van der Waals surface area contributed by atoms with Gasteiger partial charge in [-0.3, -0.25) is 9.59 Å². The fourth-order valence-corrected chi connectivity index (χ4v) is 1.38. The lowest BCUT2D eigenvalue weighted by molar-refractivity contribution is -0.121. The van der Waals surface area contributed by atoms with E-state index < -0.39 is 0 Å². The SMILES string of the molecule is CNC(=O)CN(C)C(=O)c1ccc(O)c(C)c1. The van der Waals surface area contributed by atoms with Crippen molar-refractivity contribution in [1.29, 1.82) is 0 Å². The van der Waals surface area contributed by atoms with Gasteiger partial charge >= 0.3 is 0 Å². The molecule has 17 heavy (non-hydrogen) atoms. The van der Waals surface area contributed by atoms with Crippen molar-refractivity contribution in [2.24, 2.45) is 0 Å². The molecule has 5 nitrogen and oxygen atoms in total. The molecule has 2 amide bonds.